The van der Waals surface area contributed by atoms with Gasteiger partial charge in [0.15, 0.2) is 4.34 Å². The van der Waals surface area contributed by atoms with Crippen molar-refractivity contribution in [3.8, 4) is 0 Å². The Morgan fingerprint density at radius 2 is 2.22 bits per heavy atom. The number of aromatic nitrogens is 4. The maximum Gasteiger partial charge on any atom is 0.180 e. The van der Waals surface area contributed by atoms with Crippen molar-refractivity contribution in [3.05, 3.63) is 17.4 Å². The summed E-state index contributed by atoms with van der Waals surface area (Å²) in [6, 6.07) is 1.96. The quantitative estimate of drug-likeness (QED) is 0.821. The Kier molecular flexibility index (Phi) is 4.89. The zero-order chi connectivity index (χ0) is 12.8. The molecule has 2 rings (SSSR count). The summed E-state index contributed by atoms with van der Waals surface area (Å²) in [4.78, 5) is 8.94. The third kappa shape index (κ3) is 3.64. The standard InChI is InChI=1S/C11H15N5S2/c1-3-5-12-9-6-10(15-8(4-2)14-9)18-11-16-13-7-17-11/h6-7H,3-5H2,1-2H3,(H,12,14,15). The fourth-order valence-electron chi connectivity index (χ4n) is 1.32. The van der Waals surface area contributed by atoms with E-state index in [0.29, 0.717) is 0 Å². The average molecular weight is 281 g/mol. The van der Waals surface area contributed by atoms with E-state index in [-0.39, 0.29) is 0 Å². The molecule has 96 valence electrons. The van der Waals surface area contributed by atoms with Gasteiger partial charge in [0.1, 0.15) is 22.2 Å². The Bertz CT molecular complexity index is 486. The number of hydrogen-bond donors (Lipinski definition) is 1. The summed E-state index contributed by atoms with van der Waals surface area (Å²) >= 11 is 3.04. The lowest BCUT2D eigenvalue weighted by Gasteiger charge is -2.07. The Hall–Kier alpha value is -1.21. The Balaban J connectivity index is 2.17. The third-order valence-electron chi connectivity index (χ3n) is 2.15. The fraction of sp³-hybridized carbons (Fsp3) is 0.455. The van der Waals surface area contributed by atoms with Crippen LogP contribution in [0.2, 0.25) is 0 Å². The number of anilines is 1. The van der Waals surface area contributed by atoms with Crippen molar-refractivity contribution >= 4 is 28.9 Å². The van der Waals surface area contributed by atoms with E-state index in [0.717, 1.165) is 40.4 Å². The maximum absolute atomic E-state index is 4.49. The Morgan fingerprint density at radius 1 is 1.33 bits per heavy atom. The number of nitrogens with zero attached hydrogens (tertiary/aromatic N) is 4. The number of rotatable bonds is 6. The highest BCUT2D eigenvalue weighted by Crippen LogP contribution is 2.28. The monoisotopic (exact) mass is 281 g/mol. The predicted octanol–water partition coefficient (Wildman–Crippen LogP) is 2.86. The van der Waals surface area contributed by atoms with Gasteiger partial charge in [-0.2, -0.15) is 0 Å². The molecule has 0 spiro atoms. The smallest absolute Gasteiger partial charge is 0.180 e. The maximum atomic E-state index is 4.49. The summed E-state index contributed by atoms with van der Waals surface area (Å²) in [6.07, 6.45) is 1.90. The minimum atomic E-state index is 0.825. The van der Waals surface area contributed by atoms with E-state index in [2.05, 4.69) is 39.3 Å². The first-order valence-corrected chi connectivity index (χ1v) is 7.57. The molecule has 0 fully saturated rings. The second-order valence-electron chi connectivity index (χ2n) is 3.59. The van der Waals surface area contributed by atoms with Crippen molar-refractivity contribution in [2.24, 2.45) is 0 Å². The van der Waals surface area contributed by atoms with Gasteiger partial charge >= 0.3 is 0 Å². The molecular weight excluding hydrogens is 266 g/mol. The fourth-order valence-corrected chi connectivity index (χ4v) is 2.77. The van der Waals surface area contributed by atoms with Gasteiger partial charge < -0.3 is 5.32 Å². The largest absolute Gasteiger partial charge is 0.370 e. The summed E-state index contributed by atoms with van der Waals surface area (Å²) in [5, 5.41) is 12.0. The Morgan fingerprint density at radius 3 is 2.89 bits per heavy atom. The van der Waals surface area contributed by atoms with Crippen LogP contribution in [-0.2, 0) is 6.42 Å². The van der Waals surface area contributed by atoms with Crippen LogP contribution in [0.4, 0.5) is 5.82 Å². The van der Waals surface area contributed by atoms with Gasteiger partial charge in [0.05, 0.1) is 0 Å². The molecule has 0 radical (unpaired) electrons. The molecule has 0 aliphatic heterocycles. The second kappa shape index (κ2) is 6.65. The predicted molar refractivity (Wildman–Crippen MR) is 74.2 cm³/mol. The zero-order valence-electron chi connectivity index (χ0n) is 10.4. The molecule has 0 aliphatic carbocycles. The summed E-state index contributed by atoms with van der Waals surface area (Å²) in [7, 11) is 0. The van der Waals surface area contributed by atoms with Crippen LogP contribution in [0.3, 0.4) is 0 Å². The minimum Gasteiger partial charge on any atom is -0.370 e. The lowest BCUT2D eigenvalue weighted by molar-refractivity contribution is 0.876. The molecular formula is C11H15N5S2. The molecule has 18 heavy (non-hydrogen) atoms. The van der Waals surface area contributed by atoms with E-state index in [1.807, 2.05) is 6.07 Å². The highest BCUT2D eigenvalue weighted by atomic mass is 32.2. The SMILES string of the molecule is CCCNc1cc(Sc2nncs2)nc(CC)n1. The van der Waals surface area contributed by atoms with E-state index >= 15 is 0 Å². The van der Waals surface area contributed by atoms with Crippen molar-refractivity contribution in [3.63, 3.8) is 0 Å². The number of aryl methyl sites for hydroxylation is 1. The molecule has 0 aliphatic rings. The van der Waals surface area contributed by atoms with Crippen LogP contribution in [0, 0.1) is 0 Å². The molecule has 7 heteroatoms. The highest BCUT2D eigenvalue weighted by Gasteiger charge is 2.07. The van der Waals surface area contributed by atoms with Crippen LogP contribution in [0.25, 0.3) is 0 Å². The highest BCUT2D eigenvalue weighted by molar-refractivity contribution is 8.00. The second-order valence-corrected chi connectivity index (χ2v) is 5.70. The normalized spacial score (nSPS) is 10.6. The molecule has 2 aromatic rings. The minimum absolute atomic E-state index is 0.825. The lowest BCUT2D eigenvalue weighted by atomic mass is 10.4. The number of hydrogen-bond acceptors (Lipinski definition) is 7. The van der Waals surface area contributed by atoms with Gasteiger partial charge in [0, 0.05) is 19.0 Å². The molecule has 2 aromatic heterocycles. The first-order chi connectivity index (χ1) is 8.81. The number of nitrogens with one attached hydrogen (secondary N) is 1. The van der Waals surface area contributed by atoms with Gasteiger partial charge in [-0.05, 0) is 18.2 Å². The van der Waals surface area contributed by atoms with Gasteiger partial charge in [-0.1, -0.05) is 25.2 Å². The van der Waals surface area contributed by atoms with E-state index in [4.69, 9.17) is 0 Å². The van der Waals surface area contributed by atoms with Crippen LogP contribution in [0.5, 0.6) is 0 Å². The molecule has 0 atom stereocenters. The first-order valence-electron chi connectivity index (χ1n) is 5.87. The van der Waals surface area contributed by atoms with Crippen molar-refractivity contribution < 1.29 is 0 Å². The lowest BCUT2D eigenvalue weighted by Crippen LogP contribution is -2.05. The van der Waals surface area contributed by atoms with Gasteiger partial charge in [-0.3, -0.25) is 0 Å². The van der Waals surface area contributed by atoms with E-state index in [1.165, 1.54) is 23.1 Å². The van der Waals surface area contributed by atoms with Crippen LogP contribution >= 0.6 is 23.1 Å². The topological polar surface area (TPSA) is 63.6 Å². The van der Waals surface area contributed by atoms with Crippen molar-refractivity contribution in [1.29, 1.82) is 0 Å². The molecule has 0 aromatic carbocycles. The van der Waals surface area contributed by atoms with Gasteiger partial charge in [-0.25, -0.2) is 9.97 Å². The first kappa shape index (κ1) is 13.2. The summed E-state index contributed by atoms with van der Waals surface area (Å²) in [5.74, 6) is 1.74. The Labute approximate surface area is 114 Å². The van der Waals surface area contributed by atoms with Gasteiger partial charge in [0.25, 0.3) is 0 Å². The van der Waals surface area contributed by atoms with E-state index < -0.39 is 0 Å². The molecule has 5 nitrogen and oxygen atoms in total. The summed E-state index contributed by atoms with van der Waals surface area (Å²) in [6.45, 7) is 5.10. The van der Waals surface area contributed by atoms with Crippen molar-refractivity contribution in [2.75, 3.05) is 11.9 Å². The van der Waals surface area contributed by atoms with Gasteiger partial charge in [0.2, 0.25) is 0 Å². The molecule has 0 saturated carbocycles. The van der Waals surface area contributed by atoms with Crippen molar-refractivity contribution in [1.82, 2.24) is 20.2 Å². The third-order valence-corrected chi connectivity index (χ3v) is 3.85. The van der Waals surface area contributed by atoms with E-state index in [1.54, 1.807) is 5.51 Å². The van der Waals surface area contributed by atoms with Gasteiger partial charge in [-0.15, -0.1) is 10.2 Å². The van der Waals surface area contributed by atoms with Crippen molar-refractivity contribution in [2.45, 2.75) is 36.1 Å². The zero-order valence-corrected chi connectivity index (χ0v) is 12.0. The van der Waals surface area contributed by atoms with Crippen LogP contribution in [0.15, 0.2) is 20.9 Å². The molecule has 0 unspecified atom stereocenters. The van der Waals surface area contributed by atoms with Crippen LogP contribution in [-0.4, -0.2) is 26.7 Å². The summed E-state index contributed by atoms with van der Waals surface area (Å²) in [5.41, 5.74) is 1.72. The molecule has 2 heterocycles. The summed E-state index contributed by atoms with van der Waals surface area (Å²) < 4.78 is 0.900. The molecule has 0 saturated heterocycles. The molecule has 1 N–H and O–H groups in total. The van der Waals surface area contributed by atoms with Crippen LogP contribution in [0.1, 0.15) is 26.1 Å². The van der Waals surface area contributed by atoms with E-state index in [9.17, 15) is 0 Å². The molecule has 0 amide bonds. The molecule has 0 bridgehead atoms. The van der Waals surface area contributed by atoms with Crippen LogP contribution < -0.4 is 5.32 Å². The average Bonchev–Trinajstić information content (AvgIpc) is 2.89.